The van der Waals surface area contributed by atoms with Gasteiger partial charge in [0.15, 0.2) is 11.5 Å². The summed E-state index contributed by atoms with van der Waals surface area (Å²) in [5, 5.41) is 8.07. The maximum atomic E-state index is 13.2. The van der Waals surface area contributed by atoms with Gasteiger partial charge in [-0.1, -0.05) is 18.2 Å². The molecule has 2 amide bonds. The highest BCUT2D eigenvalue weighted by Crippen LogP contribution is 2.39. The van der Waals surface area contributed by atoms with E-state index in [4.69, 9.17) is 4.98 Å². The van der Waals surface area contributed by atoms with E-state index in [-0.39, 0.29) is 17.9 Å². The second kappa shape index (κ2) is 11.5. The molecule has 1 N–H and O–H groups in total. The van der Waals surface area contributed by atoms with Gasteiger partial charge in [-0.05, 0) is 79.6 Å². The second-order valence-corrected chi connectivity index (χ2v) is 11.8. The molecule has 0 atom stereocenters. The van der Waals surface area contributed by atoms with Crippen molar-refractivity contribution in [1.29, 1.82) is 0 Å². The highest BCUT2D eigenvalue weighted by atomic mass is 19.4. The van der Waals surface area contributed by atoms with E-state index in [0.29, 0.717) is 36.4 Å². The number of piperidine rings is 1. The third-order valence-corrected chi connectivity index (χ3v) is 8.89. The smallest absolute Gasteiger partial charge is 0.339 e. The summed E-state index contributed by atoms with van der Waals surface area (Å²) in [6.45, 7) is 4.35. The maximum Gasteiger partial charge on any atom is 0.389 e. The Kier molecular flexibility index (Phi) is 7.78. The minimum atomic E-state index is -4.34. The molecule has 6 rings (SSSR count). The van der Waals surface area contributed by atoms with Gasteiger partial charge in [-0.2, -0.15) is 18.3 Å². The van der Waals surface area contributed by atoms with Crippen LogP contribution in [0.15, 0.2) is 48.7 Å². The molecule has 3 aromatic rings. The quantitative estimate of drug-likeness (QED) is 0.465. The highest BCUT2D eigenvalue weighted by molar-refractivity contribution is 5.94. The van der Waals surface area contributed by atoms with Crippen molar-refractivity contribution in [2.45, 2.75) is 51.1 Å². The van der Waals surface area contributed by atoms with Gasteiger partial charge in [0.25, 0.3) is 5.91 Å². The number of fused-ring (bicyclic) bond motifs is 1. The summed E-state index contributed by atoms with van der Waals surface area (Å²) in [5.41, 5.74) is 4.57. The fraction of sp³-hybridized carbons (Fsp3) is 0.484. The summed E-state index contributed by atoms with van der Waals surface area (Å²) in [6.07, 6.45) is 2.14. The Morgan fingerprint density at radius 1 is 1.00 bits per heavy atom. The van der Waals surface area contributed by atoms with Crippen LogP contribution in [0.4, 0.5) is 13.2 Å². The Hall–Kier alpha value is -3.73. The van der Waals surface area contributed by atoms with Crippen LogP contribution in [-0.4, -0.2) is 81.7 Å². The van der Waals surface area contributed by atoms with Gasteiger partial charge in [0.05, 0.1) is 6.42 Å². The van der Waals surface area contributed by atoms with Crippen LogP contribution in [0.25, 0.3) is 11.2 Å². The van der Waals surface area contributed by atoms with Gasteiger partial charge >= 0.3 is 6.18 Å². The van der Waals surface area contributed by atoms with Crippen molar-refractivity contribution in [1.82, 2.24) is 29.7 Å². The molecule has 0 saturated carbocycles. The molecule has 222 valence electrons. The number of halogens is 3. The number of pyridine rings is 1. The summed E-state index contributed by atoms with van der Waals surface area (Å²) < 4.78 is 39.2. The number of amides is 2. The number of carbonyl (C=O) groups is 2. The first kappa shape index (κ1) is 28.4. The summed E-state index contributed by atoms with van der Waals surface area (Å²) in [5.74, 6) is 0.257. The molecule has 0 unspecified atom stereocenters. The van der Waals surface area contributed by atoms with Crippen molar-refractivity contribution < 1.29 is 22.8 Å². The molecule has 0 bridgehead atoms. The number of nitrogens with zero attached hydrogens (tertiary/aromatic N) is 5. The largest absolute Gasteiger partial charge is 0.389 e. The summed E-state index contributed by atoms with van der Waals surface area (Å²) in [6, 6.07) is 11.5. The Labute approximate surface area is 242 Å². The van der Waals surface area contributed by atoms with Crippen molar-refractivity contribution in [3.05, 3.63) is 71.2 Å². The zero-order valence-corrected chi connectivity index (χ0v) is 23.5. The number of benzene rings is 1. The Morgan fingerprint density at radius 2 is 1.79 bits per heavy atom. The monoisotopic (exact) mass is 580 g/mol. The summed E-state index contributed by atoms with van der Waals surface area (Å²) >= 11 is 0. The highest BCUT2D eigenvalue weighted by Gasteiger charge is 2.40. The number of nitrogens with one attached hydrogen (secondary N) is 1. The van der Waals surface area contributed by atoms with E-state index in [1.54, 1.807) is 4.52 Å². The van der Waals surface area contributed by atoms with Gasteiger partial charge in [0.2, 0.25) is 5.91 Å². The van der Waals surface area contributed by atoms with Crippen LogP contribution in [0, 0.1) is 5.41 Å². The molecule has 1 spiro atoms. The third-order valence-electron chi connectivity index (χ3n) is 8.89. The number of likely N-dealkylation sites (tertiary alicyclic amines) is 1. The lowest BCUT2D eigenvalue weighted by Gasteiger charge is -2.33. The first-order valence-electron chi connectivity index (χ1n) is 14.7. The van der Waals surface area contributed by atoms with E-state index in [1.807, 2.05) is 53.6 Å². The minimum Gasteiger partial charge on any atom is -0.339 e. The number of carbonyl (C=O) groups excluding carboxylic acids is 2. The van der Waals surface area contributed by atoms with Crippen LogP contribution < -0.4 is 5.32 Å². The van der Waals surface area contributed by atoms with Crippen molar-refractivity contribution >= 4 is 23.0 Å². The van der Waals surface area contributed by atoms with Crippen LogP contribution in [0.3, 0.4) is 0 Å². The molecule has 3 aliphatic heterocycles. The van der Waals surface area contributed by atoms with Gasteiger partial charge in [0, 0.05) is 56.3 Å². The van der Waals surface area contributed by atoms with Gasteiger partial charge < -0.3 is 15.1 Å². The first-order valence-corrected chi connectivity index (χ1v) is 14.7. The third kappa shape index (κ3) is 6.21. The van der Waals surface area contributed by atoms with Crippen molar-refractivity contribution in [3.8, 4) is 0 Å². The molecular weight excluding hydrogens is 545 g/mol. The minimum absolute atomic E-state index is 0.0915. The molecular formula is C31H35F3N6O2. The second-order valence-electron chi connectivity index (χ2n) is 11.8. The lowest BCUT2D eigenvalue weighted by molar-refractivity contribution is -0.148. The van der Waals surface area contributed by atoms with Gasteiger partial charge in [0.1, 0.15) is 0 Å². The zero-order chi connectivity index (χ0) is 29.3. The van der Waals surface area contributed by atoms with Crippen LogP contribution in [0.2, 0.25) is 0 Å². The standard InChI is InChI=1S/C31H35F3N6O2/c32-31(33,34)10-7-27(41)38-17-8-23(9-18-38)25-2-1-16-40-28(25)36-26(37-40)20-22-3-5-24(6-4-22)29(42)39-19-13-30(21-39)11-14-35-15-12-30/h1-6,8,16,35H,7,9-15,17-21H2. The Morgan fingerprint density at radius 3 is 2.50 bits per heavy atom. The van der Waals surface area contributed by atoms with Gasteiger partial charge in [-0.3, -0.25) is 9.59 Å². The molecule has 42 heavy (non-hydrogen) atoms. The molecule has 2 aromatic heterocycles. The molecule has 2 saturated heterocycles. The fourth-order valence-electron chi connectivity index (χ4n) is 6.43. The SMILES string of the molecule is O=C(CCC(F)(F)F)N1CC=C(c2cccn3nc(Cc4ccc(C(=O)N5CCC6(CCNCC6)C5)cc4)nc23)CC1. The molecule has 0 aliphatic carbocycles. The van der Waals surface area contributed by atoms with Crippen LogP contribution in [0.5, 0.6) is 0 Å². The van der Waals surface area contributed by atoms with Gasteiger partial charge in [-0.25, -0.2) is 9.50 Å². The number of aromatic nitrogens is 3. The Bertz CT molecular complexity index is 1490. The van der Waals surface area contributed by atoms with E-state index >= 15 is 0 Å². The Balaban J connectivity index is 1.10. The zero-order valence-electron chi connectivity index (χ0n) is 23.5. The molecule has 8 nitrogen and oxygen atoms in total. The predicted molar refractivity (Wildman–Crippen MR) is 152 cm³/mol. The lowest BCUT2D eigenvalue weighted by Crippen LogP contribution is -2.39. The normalized spacial score (nSPS) is 19.0. The maximum absolute atomic E-state index is 13.2. The van der Waals surface area contributed by atoms with Crippen LogP contribution in [-0.2, 0) is 11.2 Å². The number of rotatable bonds is 6. The summed E-state index contributed by atoms with van der Waals surface area (Å²) in [7, 11) is 0. The lowest BCUT2D eigenvalue weighted by atomic mass is 9.78. The topological polar surface area (TPSA) is 82.8 Å². The number of hydrogen-bond donors (Lipinski definition) is 1. The van der Waals surface area contributed by atoms with Crippen molar-refractivity contribution in [3.63, 3.8) is 0 Å². The average Bonchev–Trinajstić information content (AvgIpc) is 3.60. The van der Waals surface area contributed by atoms with Crippen LogP contribution >= 0.6 is 0 Å². The first-order chi connectivity index (χ1) is 20.2. The molecule has 11 heteroatoms. The van der Waals surface area contributed by atoms with Gasteiger partial charge in [-0.15, -0.1) is 0 Å². The van der Waals surface area contributed by atoms with E-state index in [9.17, 15) is 22.8 Å². The predicted octanol–water partition coefficient (Wildman–Crippen LogP) is 4.49. The average molecular weight is 581 g/mol. The van der Waals surface area contributed by atoms with Crippen molar-refractivity contribution in [2.24, 2.45) is 5.41 Å². The van der Waals surface area contributed by atoms with Crippen molar-refractivity contribution in [2.75, 3.05) is 39.3 Å². The summed E-state index contributed by atoms with van der Waals surface area (Å²) in [4.78, 5) is 33.7. The fourth-order valence-corrected chi connectivity index (χ4v) is 6.43. The molecule has 1 aromatic carbocycles. The van der Waals surface area contributed by atoms with E-state index < -0.39 is 24.9 Å². The molecule has 2 fully saturated rings. The molecule has 0 radical (unpaired) electrons. The van der Waals surface area contributed by atoms with E-state index in [1.165, 1.54) is 4.90 Å². The number of hydrogen-bond acceptors (Lipinski definition) is 5. The molecule has 5 heterocycles. The van der Waals surface area contributed by atoms with E-state index in [2.05, 4.69) is 10.4 Å². The van der Waals surface area contributed by atoms with Crippen LogP contribution in [0.1, 0.15) is 65.8 Å². The van der Waals surface area contributed by atoms with E-state index in [0.717, 1.165) is 62.1 Å². The molecule has 3 aliphatic rings. The number of alkyl halides is 3.